The molecule has 0 aromatic heterocycles. The third-order valence-electron chi connectivity index (χ3n) is 3.84. The SMILES string of the molecule is CN(C)CCc1ccc(C(CC(=O)O)C2CC2)cc1. The Kier molecular flexibility index (Phi) is 4.59. The molecule has 1 N–H and O–H groups in total. The van der Waals surface area contributed by atoms with Gasteiger partial charge in [0.1, 0.15) is 0 Å². The lowest BCUT2D eigenvalue weighted by Crippen LogP contribution is -2.15. The molecule has 1 aliphatic rings. The van der Waals surface area contributed by atoms with Crippen molar-refractivity contribution in [1.82, 2.24) is 4.90 Å². The van der Waals surface area contributed by atoms with Crippen LogP contribution in [0.2, 0.25) is 0 Å². The molecule has 0 saturated heterocycles. The Hall–Kier alpha value is -1.35. The maximum atomic E-state index is 11.0. The molecule has 1 aliphatic carbocycles. The first-order valence-corrected chi connectivity index (χ1v) is 7.01. The van der Waals surface area contributed by atoms with Gasteiger partial charge in [0.2, 0.25) is 0 Å². The maximum absolute atomic E-state index is 11.0. The minimum absolute atomic E-state index is 0.209. The lowest BCUT2D eigenvalue weighted by atomic mass is 9.90. The van der Waals surface area contributed by atoms with E-state index in [1.54, 1.807) is 0 Å². The second kappa shape index (κ2) is 6.20. The summed E-state index contributed by atoms with van der Waals surface area (Å²) in [5, 5.41) is 9.02. The molecule has 0 radical (unpaired) electrons. The van der Waals surface area contributed by atoms with Gasteiger partial charge < -0.3 is 10.0 Å². The van der Waals surface area contributed by atoms with Gasteiger partial charge in [0.15, 0.2) is 0 Å². The van der Waals surface area contributed by atoms with Gasteiger partial charge in [-0.15, -0.1) is 0 Å². The van der Waals surface area contributed by atoms with Crippen molar-refractivity contribution in [1.29, 1.82) is 0 Å². The maximum Gasteiger partial charge on any atom is 0.303 e. The second-order valence-corrected chi connectivity index (χ2v) is 5.84. The van der Waals surface area contributed by atoms with E-state index in [0.717, 1.165) is 13.0 Å². The average Bonchev–Trinajstić information content (AvgIpc) is 3.18. The van der Waals surface area contributed by atoms with E-state index < -0.39 is 5.97 Å². The van der Waals surface area contributed by atoms with Gasteiger partial charge in [-0.2, -0.15) is 0 Å². The van der Waals surface area contributed by atoms with E-state index in [4.69, 9.17) is 5.11 Å². The van der Waals surface area contributed by atoms with Gasteiger partial charge in [-0.1, -0.05) is 24.3 Å². The van der Waals surface area contributed by atoms with Crippen LogP contribution in [0.25, 0.3) is 0 Å². The molecule has 2 rings (SSSR count). The van der Waals surface area contributed by atoms with Crippen LogP contribution in [0.4, 0.5) is 0 Å². The van der Waals surface area contributed by atoms with Crippen molar-refractivity contribution >= 4 is 5.97 Å². The Morgan fingerprint density at radius 3 is 2.42 bits per heavy atom. The Labute approximate surface area is 115 Å². The fourth-order valence-electron chi connectivity index (χ4n) is 2.53. The molecule has 0 aliphatic heterocycles. The highest BCUT2D eigenvalue weighted by Crippen LogP contribution is 2.44. The third kappa shape index (κ3) is 4.35. The normalized spacial score (nSPS) is 16.6. The van der Waals surface area contributed by atoms with Crippen LogP contribution >= 0.6 is 0 Å². The second-order valence-electron chi connectivity index (χ2n) is 5.84. The smallest absolute Gasteiger partial charge is 0.303 e. The van der Waals surface area contributed by atoms with E-state index in [9.17, 15) is 4.79 Å². The van der Waals surface area contributed by atoms with Crippen LogP contribution in [0.5, 0.6) is 0 Å². The zero-order valence-corrected chi connectivity index (χ0v) is 11.8. The van der Waals surface area contributed by atoms with Crippen molar-refractivity contribution in [3.63, 3.8) is 0 Å². The number of carboxylic acid groups (broad SMARTS) is 1. The quantitative estimate of drug-likeness (QED) is 0.820. The molecule has 1 aromatic rings. The average molecular weight is 261 g/mol. The Balaban J connectivity index is 2.01. The van der Waals surface area contributed by atoms with Crippen molar-refractivity contribution < 1.29 is 9.90 Å². The summed E-state index contributed by atoms with van der Waals surface area (Å²) in [7, 11) is 4.15. The van der Waals surface area contributed by atoms with E-state index in [-0.39, 0.29) is 12.3 Å². The van der Waals surface area contributed by atoms with E-state index in [1.807, 2.05) is 0 Å². The van der Waals surface area contributed by atoms with Crippen LogP contribution in [0, 0.1) is 5.92 Å². The summed E-state index contributed by atoms with van der Waals surface area (Å²) in [5.41, 5.74) is 2.51. The van der Waals surface area contributed by atoms with Gasteiger partial charge >= 0.3 is 5.97 Å². The third-order valence-corrected chi connectivity index (χ3v) is 3.84. The van der Waals surface area contributed by atoms with E-state index in [0.29, 0.717) is 5.92 Å². The molecule has 0 heterocycles. The molecule has 1 unspecified atom stereocenters. The number of rotatable bonds is 7. The fraction of sp³-hybridized carbons (Fsp3) is 0.562. The zero-order chi connectivity index (χ0) is 13.8. The standard InChI is InChI=1S/C16H23NO2/c1-17(2)10-9-12-3-5-13(6-4-12)15(11-16(18)19)14-7-8-14/h3-6,14-15H,7-11H2,1-2H3,(H,18,19). The first kappa shape index (κ1) is 14.1. The summed E-state index contributed by atoms with van der Waals surface area (Å²) in [6.45, 7) is 1.04. The highest BCUT2D eigenvalue weighted by Gasteiger charge is 2.33. The lowest BCUT2D eigenvalue weighted by Gasteiger charge is -2.15. The number of carbonyl (C=O) groups is 1. The highest BCUT2D eigenvalue weighted by atomic mass is 16.4. The van der Waals surface area contributed by atoms with Crippen LogP contribution in [0.3, 0.4) is 0 Å². The first-order valence-electron chi connectivity index (χ1n) is 7.01. The van der Waals surface area contributed by atoms with Crippen molar-refractivity contribution in [2.45, 2.75) is 31.6 Å². The zero-order valence-electron chi connectivity index (χ0n) is 11.8. The molecule has 1 aromatic carbocycles. The van der Waals surface area contributed by atoms with Gasteiger partial charge in [-0.05, 0) is 56.3 Å². The van der Waals surface area contributed by atoms with Gasteiger partial charge in [-0.3, -0.25) is 4.79 Å². The van der Waals surface area contributed by atoms with Crippen molar-refractivity contribution in [2.75, 3.05) is 20.6 Å². The predicted molar refractivity (Wildman–Crippen MR) is 76.4 cm³/mol. The van der Waals surface area contributed by atoms with Crippen molar-refractivity contribution in [3.05, 3.63) is 35.4 Å². The molecule has 3 heteroatoms. The van der Waals surface area contributed by atoms with Gasteiger partial charge in [-0.25, -0.2) is 0 Å². The summed E-state index contributed by atoms with van der Waals surface area (Å²) in [6, 6.07) is 8.54. The van der Waals surface area contributed by atoms with Crippen LogP contribution in [-0.4, -0.2) is 36.6 Å². The van der Waals surface area contributed by atoms with Crippen LogP contribution in [0.1, 0.15) is 36.3 Å². The fourth-order valence-corrected chi connectivity index (χ4v) is 2.53. The summed E-state index contributed by atoms with van der Waals surface area (Å²) < 4.78 is 0. The lowest BCUT2D eigenvalue weighted by molar-refractivity contribution is -0.137. The number of nitrogens with zero attached hydrogens (tertiary/aromatic N) is 1. The predicted octanol–water partition coefficient (Wildman–Crippen LogP) is 2.76. The molecule has 3 nitrogen and oxygen atoms in total. The first-order chi connectivity index (χ1) is 9.06. The molecule has 1 saturated carbocycles. The largest absolute Gasteiger partial charge is 0.481 e. The summed E-state index contributed by atoms with van der Waals surface area (Å²) in [4.78, 5) is 13.1. The van der Waals surface area contributed by atoms with Crippen LogP contribution in [0.15, 0.2) is 24.3 Å². The molecule has 1 fully saturated rings. The number of hydrogen-bond acceptors (Lipinski definition) is 2. The number of aliphatic carboxylic acids is 1. The molecular weight excluding hydrogens is 238 g/mol. The number of hydrogen-bond donors (Lipinski definition) is 1. The summed E-state index contributed by atoms with van der Waals surface area (Å²) >= 11 is 0. The van der Waals surface area contributed by atoms with E-state index in [1.165, 1.54) is 24.0 Å². The summed E-state index contributed by atoms with van der Waals surface area (Å²) in [5.74, 6) is 0.109. The van der Waals surface area contributed by atoms with Gasteiger partial charge in [0, 0.05) is 6.54 Å². The Morgan fingerprint density at radius 2 is 1.95 bits per heavy atom. The minimum Gasteiger partial charge on any atom is -0.481 e. The molecule has 0 spiro atoms. The number of benzene rings is 1. The summed E-state index contributed by atoms with van der Waals surface area (Å²) in [6.07, 6.45) is 3.67. The van der Waals surface area contributed by atoms with Crippen LogP contribution in [-0.2, 0) is 11.2 Å². The van der Waals surface area contributed by atoms with E-state index in [2.05, 4.69) is 43.3 Å². The highest BCUT2D eigenvalue weighted by molar-refractivity contribution is 5.68. The molecule has 0 bridgehead atoms. The topological polar surface area (TPSA) is 40.5 Å². The number of likely N-dealkylation sites (N-methyl/N-ethyl adjacent to an activating group) is 1. The molecule has 1 atom stereocenters. The Morgan fingerprint density at radius 1 is 1.32 bits per heavy atom. The molecule has 19 heavy (non-hydrogen) atoms. The van der Waals surface area contributed by atoms with E-state index >= 15 is 0 Å². The van der Waals surface area contributed by atoms with Crippen molar-refractivity contribution in [3.8, 4) is 0 Å². The monoisotopic (exact) mass is 261 g/mol. The number of carboxylic acids is 1. The van der Waals surface area contributed by atoms with Gasteiger partial charge in [0.05, 0.1) is 6.42 Å². The molecule has 104 valence electrons. The minimum atomic E-state index is -0.686. The molecule has 0 amide bonds. The van der Waals surface area contributed by atoms with Crippen LogP contribution < -0.4 is 0 Å². The Bertz CT molecular complexity index is 421. The molecular formula is C16H23NO2. The van der Waals surface area contributed by atoms with Gasteiger partial charge in [0.25, 0.3) is 0 Å². The van der Waals surface area contributed by atoms with Crippen molar-refractivity contribution in [2.24, 2.45) is 5.92 Å².